The zero-order valence-corrected chi connectivity index (χ0v) is 7.58. The standard InChI is InChI=1S/C8H14N4O/c1-2-7(9)5-10-8(13)6-3-11-12-4-6/h3-4,7H,2,5,9H2,1H3,(H,10,13)(H,11,12). The second kappa shape index (κ2) is 4.61. The maximum Gasteiger partial charge on any atom is 0.254 e. The lowest BCUT2D eigenvalue weighted by Gasteiger charge is -2.08. The summed E-state index contributed by atoms with van der Waals surface area (Å²) in [6.45, 7) is 2.48. The van der Waals surface area contributed by atoms with Gasteiger partial charge in [0, 0.05) is 18.8 Å². The van der Waals surface area contributed by atoms with Gasteiger partial charge in [0.2, 0.25) is 0 Å². The molecule has 0 spiro atoms. The van der Waals surface area contributed by atoms with Crippen LogP contribution in [-0.4, -0.2) is 28.7 Å². The first kappa shape index (κ1) is 9.73. The van der Waals surface area contributed by atoms with Gasteiger partial charge in [0.25, 0.3) is 5.91 Å². The molecule has 0 saturated carbocycles. The highest BCUT2D eigenvalue weighted by Gasteiger charge is 2.06. The van der Waals surface area contributed by atoms with E-state index in [2.05, 4.69) is 15.5 Å². The minimum Gasteiger partial charge on any atom is -0.350 e. The van der Waals surface area contributed by atoms with E-state index < -0.39 is 0 Å². The number of carbonyl (C=O) groups excluding carboxylic acids is 1. The van der Waals surface area contributed by atoms with Crippen molar-refractivity contribution in [1.82, 2.24) is 15.5 Å². The average molecular weight is 182 g/mol. The molecule has 1 heterocycles. The molecular formula is C8H14N4O. The van der Waals surface area contributed by atoms with Crippen molar-refractivity contribution < 1.29 is 4.79 Å². The maximum absolute atomic E-state index is 11.3. The molecule has 0 aromatic carbocycles. The molecule has 5 nitrogen and oxygen atoms in total. The lowest BCUT2D eigenvalue weighted by atomic mass is 10.2. The maximum atomic E-state index is 11.3. The number of aromatic nitrogens is 2. The van der Waals surface area contributed by atoms with Crippen LogP contribution in [0.2, 0.25) is 0 Å². The van der Waals surface area contributed by atoms with E-state index in [0.717, 1.165) is 6.42 Å². The number of hydrogen-bond donors (Lipinski definition) is 3. The molecule has 0 fully saturated rings. The third-order valence-corrected chi connectivity index (χ3v) is 1.81. The smallest absolute Gasteiger partial charge is 0.254 e. The van der Waals surface area contributed by atoms with Crippen molar-refractivity contribution in [2.24, 2.45) is 5.73 Å². The van der Waals surface area contributed by atoms with Crippen LogP contribution >= 0.6 is 0 Å². The van der Waals surface area contributed by atoms with Gasteiger partial charge in [-0.3, -0.25) is 9.89 Å². The van der Waals surface area contributed by atoms with Crippen molar-refractivity contribution in [3.05, 3.63) is 18.0 Å². The molecule has 0 aliphatic rings. The predicted octanol–water partition coefficient (Wildman–Crippen LogP) is -0.123. The normalized spacial score (nSPS) is 12.5. The Labute approximate surface area is 76.7 Å². The number of nitrogens with one attached hydrogen (secondary N) is 2. The number of rotatable bonds is 4. The van der Waals surface area contributed by atoms with Crippen LogP contribution in [0, 0.1) is 0 Å². The second-order valence-electron chi connectivity index (χ2n) is 2.87. The number of nitrogens with two attached hydrogens (primary N) is 1. The van der Waals surface area contributed by atoms with Gasteiger partial charge in [-0.25, -0.2) is 0 Å². The van der Waals surface area contributed by atoms with Gasteiger partial charge >= 0.3 is 0 Å². The molecule has 0 saturated heterocycles. The first-order chi connectivity index (χ1) is 6.24. The number of carbonyl (C=O) groups is 1. The van der Waals surface area contributed by atoms with E-state index >= 15 is 0 Å². The fraction of sp³-hybridized carbons (Fsp3) is 0.500. The third kappa shape index (κ3) is 2.87. The molecule has 0 bridgehead atoms. The van der Waals surface area contributed by atoms with E-state index in [-0.39, 0.29) is 11.9 Å². The summed E-state index contributed by atoms with van der Waals surface area (Å²) in [6, 6.07) is 0.0239. The van der Waals surface area contributed by atoms with Gasteiger partial charge in [0.1, 0.15) is 0 Å². The van der Waals surface area contributed by atoms with E-state index in [1.165, 1.54) is 6.20 Å². The van der Waals surface area contributed by atoms with Crippen LogP contribution in [0.4, 0.5) is 0 Å². The first-order valence-electron chi connectivity index (χ1n) is 4.26. The molecule has 1 amide bonds. The fourth-order valence-corrected chi connectivity index (χ4v) is 0.845. The Hall–Kier alpha value is -1.36. The van der Waals surface area contributed by atoms with Gasteiger partial charge < -0.3 is 11.1 Å². The SMILES string of the molecule is CCC(N)CNC(=O)c1cn[nH]c1. The summed E-state index contributed by atoms with van der Waals surface area (Å²) >= 11 is 0. The Morgan fingerprint density at radius 2 is 2.62 bits per heavy atom. The van der Waals surface area contributed by atoms with Gasteiger partial charge in [-0.2, -0.15) is 5.10 Å². The summed E-state index contributed by atoms with van der Waals surface area (Å²) in [5.41, 5.74) is 6.17. The molecule has 1 aromatic rings. The molecule has 4 N–H and O–H groups in total. The fourth-order valence-electron chi connectivity index (χ4n) is 0.845. The summed E-state index contributed by atoms with van der Waals surface area (Å²) < 4.78 is 0. The van der Waals surface area contributed by atoms with Crippen molar-refractivity contribution in [2.45, 2.75) is 19.4 Å². The molecule has 1 atom stereocenters. The number of nitrogens with zero attached hydrogens (tertiary/aromatic N) is 1. The van der Waals surface area contributed by atoms with Crippen molar-refractivity contribution in [3.63, 3.8) is 0 Å². The molecule has 72 valence electrons. The van der Waals surface area contributed by atoms with Crippen LogP contribution < -0.4 is 11.1 Å². The van der Waals surface area contributed by atoms with E-state index in [1.54, 1.807) is 6.20 Å². The minimum absolute atomic E-state index is 0.0239. The molecule has 1 aromatic heterocycles. The summed E-state index contributed by atoms with van der Waals surface area (Å²) in [5, 5.41) is 8.96. The lowest BCUT2D eigenvalue weighted by molar-refractivity contribution is 0.0951. The van der Waals surface area contributed by atoms with E-state index in [9.17, 15) is 4.79 Å². The van der Waals surface area contributed by atoms with Crippen LogP contribution in [0.3, 0.4) is 0 Å². The van der Waals surface area contributed by atoms with Crippen molar-refractivity contribution >= 4 is 5.91 Å². The summed E-state index contributed by atoms with van der Waals surface area (Å²) in [7, 11) is 0. The van der Waals surface area contributed by atoms with Crippen molar-refractivity contribution in [1.29, 1.82) is 0 Å². The van der Waals surface area contributed by atoms with Crippen molar-refractivity contribution in [3.8, 4) is 0 Å². The number of H-pyrrole nitrogens is 1. The summed E-state index contributed by atoms with van der Waals surface area (Å²) in [5.74, 6) is -0.141. The van der Waals surface area contributed by atoms with E-state index in [0.29, 0.717) is 12.1 Å². The first-order valence-corrected chi connectivity index (χ1v) is 4.26. The molecule has 13 heavy (non-hydrogen) atoms. The minimum atomic E-state index is -0.141. The monoisotopic (exact) mass is 182 g/mol. The zero-order chi connectivity index (χ0) is 9.68. The van der Waals surface area contributed by atoms with Crippen LogP contribution in [0.1, 0.15) is 23.7 Å². The molecule has 0 aliphatic heterocycles. The summed E-state index contributed by atoms with van der Waals surface area (Å²) in [6.07, 6.45) is 3.88. The number of aromatic amines is 1. The van der Waals surface area contributed by atoms with Crippen molar-refractivity contribution in [2.75, 3.05) is 6.54 Å². The molecule has 1 rings (SSSR count). The molecular weight excluding hydrogens is 168 g/mol. The number of amides is 1. The molecule has 0 radical (unpaired) electrons. The number of hydrogen-bond acceptors (Lipinski definition) is 3. The van der Waals surface area contributed by atoms with Gasteiger partial charge in [-0.15, -0.1) is 0 Å². The largest absolute Gasteiger partial charge is 0.350 e. The Morgan fingerprint density at radius 1 is 1.85 bits per heavy atom. The van der Waals surface area contributed by atoms with Gasteiger partial charge in [0.15, 0.2) is 0 Å². The predicted molar refractivity (Wildman–Crippen MR) is 49.2 cm³/mol. The molecule has 5 heteroatoms. The lowest BCUT2D eigenvalue weighted by Crippen LogP contribution is -2.36. The Morgan fingerprint density at radius 3 is 3.15 bits per heavy atom. The highest BCUT2D eigenvalue weighted by Crippen LogP contribution is 1.93. The van der Waals surface area contributed by atoms with Gasteiger partial charge in [-0.05, 0) is 6.42 Å². The highest BCUT2D eigenvalue weighted by atomic mass is 16.1. The van der Waals surface area contributed by atoms with E-state index in [4.69, 9.17) is 5.73 Å². The van der Waals surface area contributed by atoms with Gasteiger partial charge in [0.05, 0.1) is 11.8 Å². The Balaban J connectivity index is 2.35. The topological polar surface area (TPSA) is 83.8 Å². The molecule has 1 unspecified atom stereocenters. The van der Waals surface area contributed by atoms with Crippen LogP contribution in [0.25, 0.3) is 0 Å². The van der Waals surface area contributed by atoms with Crippen LogP contribution in [-0.2, 0) is 0 Å². The zero-order valence-electron chi connectivity index (χ0n) is 7.58. The quantitative estimate of drug-likeness (QED) is 0.606. The summed E-state index contributed by atoms with van der Waals surface area (Å²) in [4.78, 5) is 11.3. The molecule has 0 aliphatic carbocycles. The van der Waals surface area contributed by atoms with Gasteiger partial charge in [-0.1, -0.05) is 6.92 Å². The van der Waals surface area contributed by atoms with Crippen LogP contribution in [0.5, 0.6) is 0 Å². The van der Waals surface area contributed by atoms with Crippen LogP contribution in [0.15, 0.2) is 12.4 Å². The average Bonchev–Trinajstić information content (AvgIpc) is 2.66. The Kier molecular flexibility index (Phi) is 3.45. The highest BCUT2D eigenvalue weighted by molar-refractivity contribution is 5.93. The van der Waals surface area contributed by atoms with E-state index in [1.807, 2.05) is 6.92 Å². The second-order valence-corrected chi connectivity index (χ2v) is 2.87. The Bertz CT molecular complexity index is 257. The third-order valence-electron chi connectivity index (χ3n) is 1.81.